The van der Waals surface area contributed by atoms with Crippen molar-refractivity contribution in [2.24, 2.45) is 5.92 Å². The molecule has 9 heteroatoms. The summed E-state index contributed by atoms with van der Waals surface area (Å²) in [6.07, 6.45) is 0. The molecule has 1 aliphatic heterocycles. The molecule has 0 aromatic carbocycles. The lowest BCUT2D eigenvalue weighted by atomic mass is 10.1. The van der Waals surface area contributed by atoms with E-state index in [1.165, 1.54) is 0 Å². The highest BCUT2D eigenvalue weighted by Gasteiger charge is 2.39. The van der Waals surface area contributed by atoms with Crippen LogP contribution >= 0.6 is 0 Å². The molecule has 2 rings (SSSR count). The van der Waals surface area contributed by atoms with E-state index in [1.54, 1.807) is 19.0 Å². The van der Waals surface area contributed by atoms with Gasteiger partial charge < -0.3 is 16.0 Å². The molecular formula is C12H19N7O2. The van der Waals surface area contributed by atoms with Crippen molar-refractivity contribution in [2.45, 2.75) is 26.4 Å². The summed E-state index contributed by atoms with van der Waals surface area (Å²) in [5.74, 6) is 0.452. The molecule has 0 saturated carbocycles. The molecule has 1 atom stereocenters. The summed E-state index contributed by atoms with van der Waals surface area (Å²) >= 11 is 0. The number of aromatic nitrogens is 3. The standard InChI is InChI=1S/C12H19N7O2/c1-6(2)8-9(20)19(12(21)16-8)5-7-14-10(13)17-11(15-7)18(3)4/h6,8H,5H2,1-4H3,(H,16,21)(H2,13,14,15,17)/t8-/m0/s1. The molecule has 1 aromatic heterocycles. The quantitative estimate of drug-likeness (QED) is 0.725. The lowest BCUT2D eigenvalue weighted by Crippen LogP contribution is -2.34. The number of carbonyl (C=O) groups is 2. The van der Waals surface area contributed by atoms with E-state index in [0.717, 1.165) is 4.90 Å². The summed E-state index contributed by atoms with van der Waals surface area (Å²) in [5, 5.41) is 2.65. The number of carbonyl (C=O) groups excluding carboxylic acids is 2. The number of nitrogens with one attached hydrogen (secondary N) is 1. The van der Waals surface area contributed by atoms with Crippen molar-refractivity contribution in [3.8, 4) is 0 Å². The first kappa shape index (κ1) is 14.9. The van der Waals surface area contributed by atoms with Gasteiger partial charge in [-0.25, -0.2) is 4.79 Å². The summed E-state index contributed by atoms with van der Waals surface area (Å²) in [4.78, 5) is 39.0. The van der Waals surface area contributed by atoms with Crippen molar-refractivity contribution in [2.75, 3.05) is 24.7 Å². The largest absolute Gasteiger partial charge is 0.368 e. The molecule has 0 bridgehead atoms. The van der Waals surface area contributed by atoms with Crippen LogP contribution in [0.1, 0.15) is 19.7 Å². The Balaban J connectivity index is 2.22. The van der Waals surface area contributed by atoms with Gasteiger partial charge >= 0.3 is 6.03 Å². The first-order valence-electron chi connectivity index (χ1n) is 6.59. The van der Waals surface area contributed by atoms with Crippen molar-refractivity contribution >= 4 is 23.8 Å². The molecule has 2 heterocycles. The molecule has 9 nitrogen and oxygen atoms in total. The number of nitrogen functional groups attached to an aromatic ring is 1. The number of rotatable bonds is 4. The van der Waals surface area contributed by atoms with Gasteiger partial charge in [-0.05, 0) is 5.92 Å². The Morgan fingerprint density at radius 1 is 1.29 bits per heavy atom. The average molecular weight is 293 g/mol. The maximum atomic E-state index is 12.2. The highest BCUT2D eigenvalue weighted by Crippen LogP contribution is 2.16. The smallest absolute Gasteiger partial charge is 0.325 e. The number of anilines is 2. The van der Waals surface area contributed by atoms with Gasteiger partial charge in [0.2, 0.25) is 11.9 Å². The third kappa shape index (κ3) is 3.01. The first-order chi connectivity index (χ1) is 9.79. The van der Waals surface area contributed by atoms with Gasteiger partial charge in [0.15, 0.2) is 5.82 Å². The monoisotopic (exact) mass is 293 g/mol. The number of hydrogen-bond donors (Lipinski definition) is 2. The molecule has 0 radical (unpaired) electrons. The van der Waals surface area contributed by atoms with Crippen molar-refractivity contribution in [3.63, 3.8) is 0 Å². The molecule has 1 saturated heterocycles. The van der Waals surface area contributed by atoms with Gasteiger partial charge in [0.05, 0.1) is 6.54 Å². The highest BCUT2D eigenvalue weighted by atomic mass is 16.2. The predicted octanol–water partition coefficient (Wildman–Crippen LogP) is -0.404. The number of urea groups is 1. The second kappa shape index (κ2) is 5.51. The molecule has 3 amide bonds. The van der Waals surface area contributed by atoms with Gasteiger partial charge in [0.25, 0.3) is 5.91 Å². The van der Waals surface area contributed by atoms with E-state index >= 15 is 0 Å². The molecule has 114 valence electrons. The van der Waals surface area contributed by atoms with E-state index in [0.29, 0.717) is 5.95 Å². The molecule has 21 heavy (non-hydrogen) atoms. The Morgan fingerprint density at radius 3 is 2.48 bits per heavy atom. The third-order valence-corrected chi connectivity index (χ3v) is 3.11. The zero-order valence-electron chi connectivity index (χ0n) is 12.5. The molecule has 0 spiro atoms. The minimum atomic E-state index is -0.509. The summed E-state index contributed by atoms with van der Waals surface area (Å²) in [6.45, 7) is 3.72. The zero-order valence-corrected chi connectivity index (χ0v) is 12.5. The van der Waals surface area contributed by atoms with E-state index in [1.807, 2.05) is 13.8 Å². The lowest BCUT2D eigenvalue weighted by Gasteiger charge is -2.15. The topological polar surface area (TPSA) is 117 Å². The van der Waals surface area contributed by atoms with Crippen molar-refractivity contribution in [1.29, 1.82) is 0 Å². The maximum absolute atomic E-state index is 12.2. The second-order valence-corrected chi connectivity index (χ2v) is 5.40. The van der Waals surface area contributed by atoms with Crippen molar-refractivity contribution in [3.05, 3.63) is 5.82 Å². The zero-order chi connectivity index (χ0) is 15.7. The highest BCUT2D eigenvalue weighted by molar-refractivity contribution is 6.04. The molecule has 3 N–H and O–H groups in total. The SMILES string of the molecule is CC(C)[C@@H]1NC(=O)N(Cc2nc(N)nc(N(C)C)n2)C1=O. The van der Waals surface area contributed by atoms with Crippen LogP contribution in [0.25, 0.3) is 0 Å². The van der Waals surface area contributed by atoms with Crippen LogP contribution < -0.4 is 16.0 Å². The number of hydrogen-bond acceptors (Lipinski definition) is 7. The number of amides is 3. The van der Waals surface area contributed by atoms with Crippen LogP contribution in [-0.4, -0.2) is 51.9 Å². The molecule has 1 aliphatic rings. The Labute approximate surface area is 122 Å². The van der Waals surface area contributed by atoms with Crippen molar-refractivity contribution in [1.82, 2.24) is 25.2 Å². The normalized spacial score (nSPS) is 18.3. The Hall–Kier alpha value is -2.45. The first-order valence-corrected chi connectivity index (χ1v) is 6.59. The van der Waals surface area contributed by atoms with Gasteiger partial charge in [-0.15, -0.1) is 0 Å². The fourth-order valence-corrected chi connectivity index (χ4v) is 1.98. The Morgan fingerprint density at radius 2 is 1.95 bits per heavy atom. The summed E-state index contributed by atoms with van der Waals surface area (Å²) in [7, 11) is 3.53. The minimum absolute atomic E-state index is 0.0206. The number of imide groups is 1. The van der Waals surface area contributed by atoms with Crippen LogP contribution in [0, 0.1) is 5.92 Å². The fraction of sp³-hybridized carbons (Fsp3) is 0.583. The van der Waals surface area contributed by atoms with Crippen LogP contribution in [0.2, 0.25) is 0 Å². The van der Waals surface area contributed by atoms with E-state index in [9.17, 15) is 9.59 Å². The number of nitrogens with zero attached hydrogens (tertiary/aromatic N) is 5. The van der Waals surface area contributed by atoms with Crippen LogP contribution in [0.15, 0.2) is 0 Å². The van der Waals surface area contributed by atoms with Gasteiger partial charge in [0, 0.05) is 14.1 Å². The summed E-state index contributed by atoms with van der Waals surface area (Å²) in [6, 6.07) is -0.950. The third-order valence-electron chi connectivity index (χ3n) is 3.11. The van der Waals surface area contributed by atoms with Gasteiger partial charge in [-0.2, -0.15) is 15.0 Å². The van der Waals surface area contributed by atoms with Crippen molar-refractivity contribution < 1.29 is 9.59 Å². The van der Waals surface area contributed by atoms with Gasteiger partial charge in [-0.1, -0.05) is 13.8 Å². The van der Waals surface area contributed by atoms with E-state index in [4.69, 9.17) is 5.73 Å². The van der Waals surface area contributed by atoms with Crippen LogP contribution in [-0.2, 0) is 11.3 Å². The Bertz CT molecular complexity index is 573. The fourth-order valence-electron chi connectivity index (χ4n) is 1.98. The van der Waals surface area contributed by atoms with Gasteiger partial charge in [-0.3, -0.25) is 9.69 Å². The van der Waals surface area contributed by atoms with Crippen LogP contribution in [0.3, 0.4) is 0 Å². The van der Waals surface area contributed by atoms with E-state index in [-0.39, 0.29) is 30.1 Å². The maximum Gasteiger partial charge on any atom is 0.325 e. The van der Waals surface area contributed by atoms with Crippen LogP contribution in [0.5, 0.6) is 0 Å². The number of nitrogens with two attached hydrogens (primary N) is 1. The average Bonchev–Trinajstić information content (AvgIpc) is 2.66. The molecule has 0 aliphatic carbocycles. The minimum Gasteiger partial charge on any atom is -0.368 e. The summed E-state index contributed by atoms with van der Waals surface area (Å²) in [5.41, 5.74) is 5.62. The van der Waals surface area contributed by atoms with Crippen LogP contribution in [0.4, 0.5) is 16.7 Å². The van der Waals surface area contributed by atoms with E-state index < -0.39 is 12.1 Å². The lowest BCUT2D eigenvalue weighted by molar-refractivity contribution is -0.128. The Kier molecular flexibility index (Phi) is 3.92. The second-order valence-electron chi connectivity index (χ2n) is 5.40. The molecule has 0 unspecified atom stereocenters. The van der Waals surface area contributed by atoms with Gasteiger partial charge in [0.1, 0.15) is 6.04 Å². The van der Waals surface area contributed by atoms with E-state index in [2.05, 4.69) is 20.3 Å². The predicted molar refractivity (Wildman–Crippen MR) is 76.3 cm³/mol. The molecule has 1 aromatic rings. The molecular weight excluding hydrogens is 274 g/mol. The molecule has 1 fully saturated rings. The summed E-state index contributed by atoms with van der Waals surface area (Å²) < 4.78 is 0.